The molecule has 1 aromatic carbocycles. The first-order valence-corrected chi connectivity index (χ1v) is 12.4. The van der Waals surface area contributed by atoms with Gasteiger partial charge in [0.2, 0.25) is 15.9 Å². The van der Waals surface area contributed by atoms with Crippen LogP contribution in [0.4, 0.5) is 5.69 Å². The molecule has 7 nitrogen and oxygen atoms in total. The van der Waals surface area contributed by atoms with Gasteiger partial charge in [-0.25, -0.2) is 22.7 Å². The van der Waals surface area contributed by atoms with Crippen LogP contribution >= 0.6 is 23.1 Å². The molecule has 0 aliphatic heterocycles. The van der Waals surface area contributed by atoms with E-state index < -0.39 is 10.0 Å². The number of anilines is 1. The second-order valence-electron chi connectivity index (χ2n) is 7.14. The lowest BCUT2D eigenvalue weighted by Gasteiger charge is -2.14. The fourth-order valence-corrected chi connectivity index (χ4v) is 5.84. The van der Waals surface area contributed by atoms with E-state index in [0.29, 0.717) is 11.5 Å². The summed E-state index contributed by atoms with van der Waals surface area (Å²) in [6.45, 7) is 7.75. The number of amides is 1. The molecule has 0 aliphatic rings. The van der Waals surface area contributed by atoms with E-state index in [-0.39, 0.29) is 16.6 Å². The van der Waals surface area contributed by atoms with Gasteiger partial charge >= 0.3 is 0 Å². The van der Waals surface area contributed by atoms with Crippen LogP contribution in [0.3, 0.4) is 0 Å². The highest BCUT2D eigenvalue weighted by Crippen LogP contribution is 2.35. The van der Waals surface area contributed by atoms with Gasteiger partial charge in [-0.15, -0.1) is 11.3 Å². The van der Waals surface area contributed by atoms with Gasteiger partial charge in [0.05, 0.1) is 10.6 Å². The van der Waals surface area contributed by atoms with Crippen molar-refractivity contribution in [3.8, 4) is 0 Å². The highest BCUT2D eigenvalue weighted by molar-refractivity contribution is 8.00. The van der Waals surface area contributed by atoms with Crippen molar-refractivity contribution in [2.24, 2.45) is 0 Å². The average Bonchev–Trinajstić information content (AvgIpc) is 2.95. The summed E-state index contributed by atoms with van der Waals surface area (Å²) < 4.78 is 25.9. The molecule has 0 atom stereocenters. The minimum absolute atomic E-state index is 0.138. The summed E-state index contributed by atoms with van der Waals surface area (Å²) in [6.07, 6.45) is 0. The summed E-state index contributed by atoms with van der Waals surface area (Å²) in [5.74, 6) is 0.602. The highest BCUT2D eigenvalue weighted by atomic mass is 32.2. The van der Waals surface area contributed by atoms with Crippen LogP contribution in [0, 0.1) is 27.7 Å². The molecule has 0 saturated heterocycles. The minimum Gasteiger partial charge on any atom is -0.325 e. The summed E-state index contributed by atoms with van der Waals surface area (Å²) in [7, 11) is -0.628. The molecule has 3 rings (SSSR count). The number of aryl methyl sites for hydroxylation is 4. The van der Waals surface area contributed by atoms with Crippen molar-refractivity contribution in [2.45, 2.75) is 37.6 Å². The normalized spacial score (nSPS) is 12.0. The van der Waals surface area contributed by atoms with E-state index in [0.717, 1.165) is 30.7 Å². The van der Waals surface area contributed by atoms with Gasteiger partial charge in [-0.1, -0.05) is 17.8 Å². The fraction of sp³-hybridized carbons (Fsp3) is 0.350. The molecular formula is C20H24N4O3S3. The number of sulfonamides is 1. The van der Waals surface area contributed by atoms with E-state index in [1.54, 1.807) is 17.4 Å². The first-order chi connectivity index (χ1) is 14.0. The molecule has 0 fully saturated rings. The van der Waals surface area contributed by atoms with Crippen LogP contribution < -0.4 is 5.32 Å². The third-order valence-electron chi connectivity index (χ3n) is 4.71. The van der Waals surface area contributed by atoms with Crippen LogP contribution in [0.1, 0.15) is 21.8 Å². The van der Waals surface area contributed by atoms with Gasteiger partial charge in [-0.2, -0.15) is 0 Å². The maximum Gasteiger partial charge on any atom is 0.242 e. The number of benzene rings is 1. The van der Waals surface area contributed by atoms with E-state index >= 15 is 0 Å². The van der Waals surface area contributed by atoms with Gasteiger partial charge < -0.3 is 5.32 Å². The predicted molar refractivity (Wildman–Crippen MR) is 123 cm³/mol. The second kappa shape index (κ2) is 8.62. The van der Waals surface area contributed by atoms with Crippen molar-refractivity contribution in [3.63, 3.8) is 0 Å². The maximum absolute atomic E-state index is 12.6. The monoisotopic (exact) mass is 464 g/mol. The summed E-state index contributed by atoms with van der Waals surface area (Å²) >= 11 is 2.98. The quantitative estimate of drug-likeness (QED) is 0.439. The Morgan fingerprint density at radius 2 is 1.87 bits per heavy atom. The molecule has 0 unspecified atom stereocenters. The van der Waals surface area contributed by atoms with Crippen LogP contribution in [0.5, 0.6) is 0 Å². The molecule has 30 heavy (non-hydrogen) atoms. The molecule has 1 N–H and O–H groups in total. The predicted octanol–water partition coefficient (Wildman–Crippen LogP) is 3.91. The van der Waals surface area contributed by atoms with Crippen LogP contribution in [0.15, 0.2) is 28.1 Å². The summed E-state index contributed by atoms with van der Waals surface area (Å²) in [4.78, 5) is 23.9. The zero-order chi connectivity index (χ0) is 22.2. The number of hydrogen-bond acceptors (Lipinski definition) is 7. The van der Waals surface area contributed by atoms with Crippen molar-refractivity contribution in [3.05, 3.63) is 40.0 Å². The molecule has 0 spiro atoms. The number of fused-ring (bicyclic) bond motifs is 1. The number of hydrogen-bond donors (Lipinski definition) is 1. The fourth-order valence-electron chi connectivity index (χ4n) is 2.85. The average molecular weight is 465 g/mol. The van der Waals surface area contributed by atoms with E-state index in [4.69, 9.17) is 0 Å². The number of carbonyl (C=O) groups is 1. The molecule has 160 valence electrons. The first kappa shape index (κ1) is 22.7. The zero-order valence-electron chi connectivity index (χ0n) is 17.7. The number of thioether (sulfide) groups is 1. The van der Waals surface area contributed by atoms with Crippen molar-refractivity contribution >= 4 is 54.9 Å². The molecule has 0 saturated carbocycles. The van der Waals surface area contributed by atoms with E-state index in [9.17, 15) is 13.2 Å². The number of rotatable bonds is 6. The maximum atomic E-state index is 12.6. The summed E-state index contributed by atoms with van der Waals surface area (Å²) in [6, 6.07) is 4.72. The molecule has 3 aromatic rings. The topological polar surface area (TPSA) is 92.3 Å². The smallest absolute Gasteiger partial charge is 0.242 e. The van der Waals surface area contributed by atoms with Crippen molar-refractivity contribution < 1.29 is 13.2 Å². The largest absolute Gasteiger partial charge is 0.325 e. The Hall–Kier alpha value is -2.01. The van der Waals surface area contributed by atoms with Crippen LogP contribution in [0.25, 0.3) is 10.2 Å². The van der Waals surface area contributed by atoms with E-state index in [1.165, 1.54) is 42.9 Å². The Kier molecular flexibility index (Phi) is 6.51. The van der Waals surface area contributed by atoms with Gasteiger partial charge in [-0.05, 0) is 51.0 Å². The molecule has 2 heterocycles. The van der Waals surface area contributed by atoms with Gasteiger partial charge in [0.25, 0.3) is 0 Å². The van der Waals surface area contributed by atoms with Crippen molar-refractivity contribution in [2.75, 3.05) is 25.2 Å². The lowest BCUT2D eigenvalue weighted by atomic mass is 10.2. The number of nitrogens with one attached hydrogen (secondary N) is 1. The SMILES string of the molecule is Cc1nc(SCC(=O)Nc2cc(S(=O)(=O)N(C)C)ccc2C)c2c(C)c(C)sc2n1. The minimum atomic E-state index is -3.58. The Morgan fingerprint density at radius 1 is 1.17 bits per heavy atom. The van der Waals surface area contributed by atoms with Gasteiger partial charge in [0, 0.05) is 30.0 Å². The summed E-state index contributed by atoms with van der Waals surface area (Å²) in [5, 5.41) is 4.61. The first-order valence-electron chi connectivity index (χ1n) is 9.21. The van der Waals surface area contributed by atoms with Crippen molar-refractivity contribution in [1.29, 1.82) is 0 Å². The number of aromatic nitrogens is 2. The number of thiophene rings is 1. The standard InChI is InChI=1S/C20H24N4O3S3/c1-11-7-8-15(30(26,27)24(5)6)9-16(11)23-17(25)10-28-19-18-12(2)13(3)29-20(18)22-14(4)21-19/h7-9H,10H2,1-6H3,(H,23,25). The molecule has 0 bridgehead atoms. The Labute approximate surface area is 185 Å². The molecule has 0 aliphatic carbocycles. The molecule has 1 amide bonds. The van der Waals surface area contributed by atoms with Gasteiger partial charge in [0.15, 0.2) is 0 Å². The van der Waals surface area contributed by atoms with Crippen LogP contribution in [-0.2, 0) is 14.8 Å². The van der Waals surface area contributed by atoms with Gasteiger partial charge in [0.1, 0.15) is 15.7 Å². The molecule has 2 aromatic heterocycles. The molecule has 0 radical (unpaired) electrons. The number of nitrogens with zero attached hydrogens (tertiary/aromatic N) is 3. The van der Waals surface area contributed by atoms with E-state index in [2.05, 4.69) is 22.2 Å². The Bertz CT molecular complexity index is 1230. The third-order valence-corrected chi connectivity index (χ3v) is 8.60. The highest BCUT2D eigenvalue weighted by Gasteiger charge is 2.19. The van der Waals surface area contributed by atoms with Gasteiger partial charge in [-0.3, -0.25) is 4.79 Å². The number of carbonyl (C=O) groups excluding carboxylic acids is 1. The zero-order valence-corrected chi connectivity index (χ0v) is 20.2. The van der Waals surface area contributed by atoms with E-state index in [1.807, 2.05) is 20.8 Å². The molecule has 10 heteroatoms. The van der Waals surface area contributed by atoms with Crippen LogP contribution in [0.2, 0.25) is 0 Å². The third kappa shape index (κ3) is 4.51. The lowest BCUT2D eigenvalue weighted by molar-refractivity contribution is -0.113. The summed E-state index contributed by atoms with van der Waals surface area (Å²) in [5.41, 5.74) is 2.40. The van der Waals surface area contributed by atoms with Crippen LogP contribution in [-0.4, -0.2) is 48.4 Å². The lowest BCUT2D eigenvalue weighted by Crippen LogP contribution is -2.22. The Morgan fingerprint density at radius 3 is 2.53 bits per heavy atom. The Balaban J connectivity index is 1.80. The van der Waals surface area contributed by atoms with Crippen molar-refractivity contribution in [1.82, 2.24) is 14.3 Å². The molecular weight excluding hydrogens is 440 g/mol. The second-order valence-corrected chi connectivity index (χ2v) is 11.5.